The van der Waals surface area contributed by atoms with Crippen LogP contribution in [0.3, 0.4) is 0 Å². The van der Waals surface area contributed by atoms with Gasteiger partial charge in [0.15, 0.2) is 0 Å². The molecule has 0 aliphatic heterocycles. The van der Waals surface area contributed by atoms with Gasteiger partial charge in [0.2, 0.25) is 11.8 Å². The molecule has 5 heteroatoms. The molecule has 0 spiro atoms. The van der Waals surface area contributed by atoms with Crippen LogP contribution in [0.5, 0.6) is 0 Å². The summed E-state index contributed by atoms with van der Waals surface area (Å²) in [6.07, 6.45) is 0.620. The Kier molecular flexibility index (Phi) is 5.55. The fourth-order valence-corrected chi connectivity index (χ4v) is 2.52. The van der Waals surface area contributed by atoms with Gasteiger partial charge < -0.3 is 15.4 Å². The molecule has 0 heterocycles. The van der Waals surface area contributed by atoms with Crippen LogP contribution in [-0.4, -0.2) is 32.1 Å². The Morgan fingerprint density at radius 1 is 1.23 bits per heavy atom. The Balaban J connectivity index is 1.88. The first-order chi connectivity index (χ1) is 10.5. The summed E-state index contributed by atoms with van der Waals surface area (Å²) in [4.78, 5) is 24.2. The zero-order valence-corrected chi connectivity index (χ0v) is 13.4. The summed E-state index contributed by atoms with van der Waals surface area (Å²) in [6.45, 7) is 5.15. The van der Waals surface area contributed by atoms with E-state index >= 15 is 0 Å². The molecular formula is C17H24N2O3. The van der Waals surface area contributed by atoms with Crippen molar-refractivity contribution >= 4 is 17.5 Å². The molecule has 1 fully saturated rings. The van der Waals surface area contributed by atoms with Crippen molar-refractivity contribution in [2.24, 2.45) is 11.8 Å². The van der Waals surface area contributed by atoms with E-state index in [-0.39, 0.29) is 23.7 Å². The first kappa shape index (κ1) is 16.5. The Morgan fingerprint density at radius 3 is 2.59 bits per heavy atom. The van der Waals surface area contributed by atoms with E-state index in [0.29, 0.717) is 25.5 Å². The summed E-state index contributed by atoms with van der Waals surface area (Å²) in [5, 5.41) is 5.74. The van der Waals surface area contributed by atoms with Crippen molar-refractivity contribution in [3.8, 4) is 0 Å². The van der Waals surface area contributed by atoms with Crippen molar-refractivity contribution in [1.29, 1.82) is 0 Å². The molecule has 1 saturated carbocycles. The minimum atomic E-state index is -0.220. The van der Waals surface area contributed by atoms with Crippen LogP contribution < -0.4 is 10.6 Å². The molecule has 1 aromatic rings. The Labute approximate surface area is 131 Å². The molecule has 120 valence electrons. The van der Waals surface area contributed by atoms with Crippen molar-refractivity contribution in [2.75, 3.05) is 25.6 Å². The number of nitrogens with one attached hydrogen (secondary N) is 2. The van der Waals surface area contributed by atoms with E-state index in [4.69, 9.17) is 4.74 Å². The minimum absolute atomic E-state index is 0.0608. The average Bonchev–Trinajstić information content (AvgIpc) is 3.28. The van der Waals surface area contributed by atoms with Gasteiger partial charge in [0.1, 0.15) is 0 Å². The van der Waals surface area contributed by atoms with Crippen molar-refractivity contribution in [3.05, 3.63) is 29.8 Å². The number of carbonyl (C=O) groups is 2. The van der Waals surface area contributed by atoms with Gasteiger partial charge in [-0.2, -0.15) is 0 Å². The van der Waals surface area contributed by atoms with E-state index in [1.165, 1.54) is 0 Å². The SMILES string of the molecule is COCCNC(=O)C1CC1C(=O)Nc1ccccc1C(C)C. The number of methoxy groups -OCH3 is 1. The molecule has 2 amide bonds. The quantitative estimate of drug-likeness (QED) is 0.759. The van der Waals surface area contributed by atoms with Gasteiger partial charge in [-0.15, -0.1) is 0 Å². The lowest BCUT2D eigenvalue weighted by Gasteiger charge is -2.13. The van der Waals surface area contributed by atoms with Crippen LogP contribution in [0.4, 0.5) is 5.69 Å². The number of amides is 2. The monoisotopic (exact) mass is 304 g/mol. The lowest BCUT2D eigenvalue weighted by Crippen LogP contribution is -2.30. The second-order valence-corrected chi connectivity index (χ2v) is 5.96. The second kappa shape index (κ2) is 7.40. The molecule has 5 nitrogen and oxygen atoms in total. The van der Waals surface area contributed by atoms with Gasteiger partial charge in [0.05, 0.1) is 18.4 Å². The number of carbonyl (C=O) groups excluding carboxylic acids is 2. The van der Waals surface area contributed by atoms with E-state index in [9.17, 15) is 9.59 Å². The molecule has 2 atom stereocenters. The van der Waals surface area contributed by atoms with Gasteiger partial charge in [-0.25, -0.2) is 0 Å². The van der Waals surface area contributed by atoms with Gasteiger partial charge >= 0.3 is 0 Å². The number of ether oxygens (including phenoxy) is 1. The highest BCUT2D eigenvalue weighted by molar-refractivity contribution is 5.99. The van der Waals surface area contributed by atoms with Gasteiger partial charge in [0.25, 0.3) is 0 Å². The number of hydrogen-bond acceptors (Lipinski definition) is 3. The van der Waals surface area contributed by atoms with Crippen molar-refractivity contribution in [1.82, 2.24) is 5.32 Å². The average molecular weight is 304 g/mol. The van der Waals surface area contributed by atoms with Crippen molar-refractivity contribution < 1.29 is 14.3 Å². The van der Waals surface area contributed by atoms with E-state index in [0.717, 1.165) is 11.3 Å². The summed E-state index contributed by atoms with van der Waals surface area (Å²) in [7, 11) is 1.59. The normalized spacial score (nSPS) is 19.8. The van der Waals surface area contributed by atoms with Crippen LogP contribution in [0.1, 0.15) is 31.7 Å². The van der Waals surface area contributed by atoms with Crippen LogP contribution >= 0.6 is 0 Å². The third-order valence-corrected chi connectivity index (χ3v) is 3.91. The smallest absolute Gasteiger partial charge is 0.228 e. The van der Waals surface area contributed by atoms with Crippen LogP contribution in [0.15, 0.2) is 24.3 Å². The van der Waals surface area contributed by atoms with Gasteiger partial charge in [-0.05, 0) is 24.0 Å². The molecule has 22 heavy (non-hydrogen) atoms. The predicted octanol–water partition coefficient (Wildman–Crippen LogP) is 2.15. The molecule has 0 saturated heterocycles. The van der Waals surface area contributed by atoms with Crippen LogP contribution in [0.2, 0.25) is 0 Å². The van der Waals surface area contributed by atoms with Crippen LogP contribution in [0, 0.1) is 11.8 Å². The first-order valence-corrected chi connectivity index (χ1v) is 7.71. The maximum atomic E-state index is 12.3. The summed E-state index contributed by atoms with van der Waals surface area (Å²) in [5.41, 5.74) is 1.95. The van der Waals surface area contributed by atoms with Crippen molar-refractivity contribution in [2.45, 2.75) is 26.2 Å². The zero-order chi connectivity index (χ0) is 16.1. The van der Waals surface area contributed by atoms with Gasteiger partial charge in [0, 0.05) is 19.3 Å². The third-order valence-electron chi connectivity index (χ3n) is 3.91. The number of rotatable bonds is 7. The number of anilines is 1. The molecule has 0 radical (unpaired) electrons. The number of para-hydroxylation sites is 1. The highest BCUT2D eigenvalue weighted by atomic mass is 16.5. The second-order valence-electron chi connectivity index (χ2n) is 5.96. The maximum Gasteiger partial charge on any atom is 0.228 e. The zero-order valence-electron chi connectivity index (χ0n) is 13.4. The van der Waals surface area contributed by atoms with E-state index in [2.05, 4.69) is 24.5 Å². The van der Waals surface area contributed by atoms with Gasteiger partial charge in [-0.1, -0.05) is 32.0 Å². The molecule has 2 unspecified atom stereocenters. The topological polar surface area (TPSA) is 67.4 Å². The Hall–Kier alpha value is -1.88. The van der Waals surface area contributed by atoms with E-state index in [1.807, 2.05) is 24.3 Å². The van der Waals surface area contributed by atoms with Crippen LogP contribution in [0.25, 0.3) is 0 Å². The highest BCUT2D eigenvalue weighted by Gasteiger charge is 2.47. The minimum Gasteiger partial charge on any atom is -0.383 e. The Morgan fingerprint density at radius 2 is 1.91 bits per heavy atom. The Bertz CT molecular complexity index is 542. The first-order valence-electron chi connectivity index (χ1n) is 7.71. The fraction of sp³-hybridized carbons (Fsp3) is 0.529. The lowest BCUT2D eigenvalue weighted by molar-refractivity contribution is -0.125. The van der Waals surface area contributed by atoms with Gasteiger partial charge in [-0.3, -0.25) is 9.59 Å². The summed E-state index contributed by atoms with van der Waals surface area (Å²) >= 11 is 0. The van der Waals surface area contributed by atoms with E-state index in [1.54, 1.807) is 7.11 Å². The number of benzene rings is 1. The summed E-state index contributed by atoms with van der Waals surface area (Å²) in [6, 6.07) is 7.79. The van der Waals surface area contributed by atoms with E-state index < -0.39 is 0 Å². The molecular weight excluding hydrogens is 280 g/mol. The molecule has 2 rings (SSSR count). The molecule has 2 N–H and O–H groups in total. The summed E-state index contributed by atoms with van der Waals surface area (Å²) in [5.74, 6) is -0.219. The molecule has 1 aliphatic carbocycles. The molecule has 0 bridgehead atoms. The fourth-order valence-electron chi connectivity index (χ4n) is 2.52. The maximum absolute atomic E-state index is 12.3. The number of hydrogen-bond donors (Lipinski definition) is 2. The predicted molar refractivity (Wildman–Crippen MR) is 85.6 cm³/mol. The van der Waals surface area contributed by atoms with Crippen molar-refractivity contribution in [3.63, 3.8) is 0 Å². The lowest BCUT2D eigenvalue weighted by atomic mass is 10.0. The highest BCUT2D eigenvalue weighted by Crippen LogP contribution is 2.40. The van der Waals surface area contributed by atoms with Crippen LogP contribution in [-0.2, 0) is 14.3 Å². The molecule has 1 aliphatic rings. The molecule has 1 aromatic carbocycles. The third kappa shape index (κ3) is 4.07. The standard InChI is InChI=1S/C17H24N2O3/c1-11(2)12-6-4-5-7-15(12)19-17(21)14-10-13(14)16(20)18-8-9-22-3/h4-7,11,13-14H,8-10H2,1-3H3,(H,18,20)(H,19,21). The largest absolute Gasteiger partial charge is 0.383 e. The summed E-state index contributed by atoms with van der Waals surface area (Å²) < 4.78 is 4.89. The molecule has 0 aromatic heterocycles.